The smallest absolute Gasteiger partial charge is 0.316 e. The number of Topliss-reactive ketones (excluding diaryl/α,β-unsaturated/α-hetero) is 2. The summed E-state index contributed by atoms with van der Waals surface area (Å²) in [4.78, 5) is 95.1. The molecule has 4 aromatic rings. The molecule has 552 valence electrons. The van der Waals surface area contributed by atoms with E-state index in [4.69, 9.17) is 62.6 Å². The van der Waals surface area contributed by atoms with Crippen LogP contribution in [0.2, 0.25) is 0 Å². The number of phenolic OH excluding ortho intramolecular Hbond substituents is 4. The molecule has 0 saturated carbocycles. The number of aliphatic hydroxyl groups is 3. The highest BCUT2D eigenvalue weighted by molar-refractivity contribution is 6.32. The molecular formula is C74H90N2O26. The number of likely N-dealkylation sites (N-methyl/N-ethyl adjacent to an activating group) is 1. The molecule has 20 atom stereocenters. The molecule has 0 bridgehead atoms. The molecule has 5 aliphatic heterocycles. The molecule has 9 N–H and O–H groups in total. The molecule has 4 aromatic carbocycles. The summed E-state index contributed by atoms with van der Waals surface area (Å²) < 4.78 is 72.2. The van der Waals surface area contributed by atoms with Crippen molar-refractivity contribution >= 4 is 40.7 Å². The number of nitrogens with two attached hydrogens (primary N) is 1. The van der Waals surface area contributed by atoms with Gasteiger partial charge in [-0.2, -0.15) is 0 Å². The van der Waals surface area contributed by atoms with E-state index < -0.39 is 185 Å². The quantitative estimate of drug-likeness (QED) is 0.0449. The minimum atomic E-state index is -1.99. The Morgan fingerprint density at radius 2 is 1.24 bits per heavy atom. The number of hydrogen-bond acceptors (Lipinski definition) is 28. The highest BCUT2D eigenvalue weighted by atomic mass is 16.7. The molecule has 28 nitrogen and oxygen atoms in total. The number of aromatic hydroxyl groups is 4. The Labute approximate surface area is 588 Å². The number of nitrogens with zero attached hydrogens (tertiary/aromatic N) is 1. The van der Waals surface area contributed by atoms with E-state index in [1.54, 1.807) is 34.6 Å². The van der Waals surface area contributed by atoms with Crippen LogP contribution in [-0.4, -0.2) is 220 Å². The SMILES string of the molecule is CC[C@@]1(O)C[C@H](OC2CC(N(C)C)C(OC3CC(O)C(OC4CCC(=O)C(C)O4)C(C)O3)C(C)O2)c2c(cc3c(c2O)C(=O)c2c(O)cccc2C3=O)[C@H]1C(=O)OC.COc1cccc2c1C(=O)c1c(O)c3c(c(O)c1C2=O)C[C@@](O)(C(C)=O)C[C@@H]3OC1CC(N)C(OC2CCCCO2)C(C)O1. The van der Waals surface area contributed by atoms with Crippen molar-refractivity contribution in [2.45, 2.75) is 240 Å². The zero-order chi connectivity index (χ0) is 73.5. The van der Waals surface area contributed by atoms with Gasteiger partial charge in [0.25, 0.3) is 0 Å². The van der Waals surface area contributed by atoms with E-state index in [-0.39, 0.29) is 118 Å². The van der Waals surface area contributed by atoms with Crippen LogP contribution in [0.1, 0.15) is 216 Å². The van der Waals surface area contributed by atoms with E-state index in [1.165, 1.54) is 63.6 Å². The lowest BCUT2D eigenvalue weighted by Gasteiger charge is -2.48. The van der Waals surface area contributed by atoms with Crippen molar-refractivity contribution in [1.29, 1.82) is 0 Å². The van der Waals surface area contributed by atoms with Crippen molar-refractivity contribution in [3.63, 3.8) is 0 Å². The molecule has 28 heteroatoms. The van der Waals surface area contributed by atoms with E-state index >= 15 is 0 Å². The average molecular weight is 1420 g/mol. The molecule has 9 aliphatic rings. The maximum Gasteiger partial charge on any atom is 0.316 e. The Hall–Kier alpha value is -7.23. The van der Waals surface area contributed by atoms with Crippen LogP contribution in [0.3, 0.4) is 0 Å². The van der Waals surface area contributed by atoms with Gasteiger partial charge in [-0.15, -0.1) is 0 Å². The molecule has 5 saturated heterocycles. The summed E-state index contributed by atoms with van der Waals surface area (Å²) in [5.74, 6) is -7.67. The summed E-state index contributed by atoms with van der Waals surface area (Å²) >= 11 is 0. The van der Waals surface area contributed by atoms with Crippen LogP contribution in [0.4, 0.5) is 0 Å². The van der Waals surface area contributed by atoms with E-state index in [9.17, 15) is 69.3 Å². The zero-order valence-corrected chi connectivity index (χ0v) is 58.5. The van der Waals surface area contributed by atoms with Crippen LogP contribution in [0, 0.1) is 0 Å². The molecule has 0 radical (unpaired) electrons. The maximum atomic E-state index is 13.9. The third-order valence-electron chi connectivity index (χ3n) is 21.6. The average Bonchev–Trinajstić information content (AvgIpc) is 0.716. The number of rotatable bonds is 15. The molecule has 102 heavy (non-hydrogen) atoms. The predicted molar refractivity (Wildman–Crippen MR) is 354 cm³/mol. The highest BCUT2D eigenvalue weighted by Crippen LogP contribution is 2.56. The minimum Gasteiger partial charge on any atom is -0.507 e. The summed E-state index contributed by atoms with van der Waals surface area (Å²) in [5.41, 5.74) is 1.08. The number of esters is 1. The van der Waals surface area contributed by atoms with Gasteiger partial charge < -0.3 is 103 Å². The van der Waals surface area contributed by atoms with Crippen LogP contribution < -0.4 is 10.5 Å². The number of methoxy groups -OCH3 is 2. The van der Waals surface area contributed by atoms with Gasteiger partial charge in [-0.3, -0.25) is 33.6 Å². The van der Waals surface area contributed by atoms with Crippen LogP contribution in [-0.2, 0) is 72.9 Å². The van der Waals surface area contributed by atoms with Gasteiger partial charge in [-0.25, -0.2) is 0 Å². The second kappa shape index (κ2) is 29.4. The minimum absolute atomic E-state index is 0.00378. The second-order valence-electron chi connectivity index (χ2n) is 28.3. The second-order valence-corrected chi connectivity index (χ2v) is 28.3. The monoisotopic (exact) mass is 1420 g/mol. The Balaban J connectivity index is 0.000000200. The Bertz CT molecular complexity index is 3940. The van der Waals surface area contributed by atoms with E-state index in [2.05, 4.69) is 0 Å². The van der Waals surface area contributed by atoms with Gasteiger partial charge in [0.1, 0.15) is 64.7 Å². The zero-order valence-electron chi connectivity index (χ0n) is 58.5. The first-order valence-electron chi connectivity index (χ1n) is 34.8. The third-order valence-corrected chi connectivity index (χ3v) is 21.6. The van der Waals surface area contributed by atoms with Crippen molar-refractivity contribution in [2.75, 3.05) is 34.9 Å². The van der Waals surface area contributed by atoms with Crippen molar-refractivity contribution in [3.8, 4) is 28.7 Å². The van der Waals surface area contributed by atoms with Crippen molar-refractivity contribution in [2.24, 2.45) is 5.73 Å². The fraction of sp³-hybridized carbons (Fsp3) is 0.581. The number of ether oxygens (including phenoxy) is 12. The number of benzene rings is 4. The fourth-order valence-corrected chi connectivity index (χ4v) is 16.1. The first kappa shape index (κ1) is 74.5. The lowest BCUT2D eigenvalue weighted by atomic mass is 9.67. The van der Waals surface area contributed by atoms with Gasteiger partial charge >= 0.3 is 5.97 Å². The van der Waals surface area contributed by atoms with Gasteiger partial charge in [0.2, 0.25) is 11.6 Å². The summed E-state index contributed by atoms with van der Waals surface area (Å²) in [7, 11) is 6.27. The molecule has 0 amide bonds. The molecule has 5 fully saturated rings. The van der Waals surface area contributed by atoms with Crippen LogP contribution in [0.5, 0.6) is 28.7 Å². The maximum absolute atomic E-state index is 13.9. The Morgan fingerprint density at radius 3 is 1.85 bits per heavy atom. The number of carbonyl (C=O) groups excluding carboxylic acids is 7. The normalized spacial score (nSPS) is 34.2. The summed E-state index contributed by atoms with van der Waals surface area (Å²) in [5, 5.41) is 80.4. The number of aliphatic hydroxyl groups excluding tert-OH is 1. The number of carbonyl (C=O) groups is 7. The standard InChI is InChI=1S/C42H53NO15.C32H37NO11/c1-8-42(51)17-28(33-22(35(42)41(50)52-7)14-23-34(38(33)49)37(48)32-21(36(23)47)10-9-11-26(32)45)56-30-15-24(43(5)6)39(19(3)54-30)58-31-16-27(46)40(20(4)55-31)57-29-13-12-25(44)18(2)53-29;1-14-31(44-21-9-4-5-10-41-21)18(33)11-22(42-14)43-20-13-32(39,15(2)34)12-17-24(20)30(38)26-25(28(17)36)27(35)16-7-6-8-19(40-3)23(16)29(26)37/h9-11,14,18-20,24,27-31,35,39-40,45-46,49,51H,8,12-13,15-17H2,1-7H3;6-8,14,18,20-22,31,36,38-39H,4-5,9-13,33H2,1-3H3/t18?,19?,20?,24?,27?,28-,29?,30?,31?,35-,39?,40?,42+;14?,18?,20-,21?,22?,31?,32-/m00/s1. The lowest BCUT2D eigenvalue weighted by molar-refractivity contribution is -0.324. The van der Waals surface area contributed by atoms with Crippen molar-refractivity contribution in [3.05, 3.63) is 109 Å². The van der Waals surface area contributed by atoms with Gasteiger partial charge in [-0.1, -0.05) is 31.2 Å². The molecule has 5 heterocycles. The summed E-state index contributed by atoms with van der Waals surface area (Å²) in [6.07, 6.45) is -8.01. The summed E-state index contributed by atoms with van der Waals surface area (Å²) in [6.45, 7) is 10.6. The Morgan fingerprint density at radius 1 is 0.637 bits per heavy atom. The number of phenols is 4. The number of ketones is 6. The van der Waals surface area contributed by atoms with Gasteiger partial charge in [0, 0.05) is 103 Å². The predicted octanol–water partition coefficient (Wildman–Crippen LogP) is 5.74. The molecular weight excluding hydrogens is 1330 g/mol. The fourth-order valence-electron chi connectivity index (χ4n) is 16.1. The van der Waals surface area contributed by atoms with E-state index in [0.29, 0.717) is 19.4 Å². The van der Waals surface area contributed by atoms with Crippen LogP contribution >= 0.6 is 0 Å². The van der Waals surface area contributed by atoms with Gasteiger partial charge in [0.15, 0.2) is 54.6 Å². The largest absolute Gasteiger partial charge is 0.507 e. The van der Waals surface area contributed by atoms with Gasteiger partial charge in [0.05, 0.1) is 84.3 Å². The van der Waals surface area contributed by atoms with Crippen LogP contribution in [0.15, 0.2) is 42.5 Å². The topological polar surface area (TPSA) is 401 Å². The van der Waals surface area contributed by atoms with Gasteiger partial charge in [-0.05, 0) is 98.2 Å². The first-order chi connectivity index (χ1) is 48.4. The molecule has 15 unspecified atom stereocenters. The molecule has 0 spiro atoms. The highest BCUT2D eigenvalue weighted by Gasteiger charge is 2.55. The number of hydrogen-bond donors (Lipinski definition) is 8. The van der Waals surface area contributed by atoms with E-state index in [1.807, 2.05) is 19.0 Å². The third kappa shape index (κ3) is 13.6. The Kier molecular flexibility index (Phi) is 21.4. The van der Waals surface area contributed by atoms with Crippen molar-refractivity contribution < 1.29 is 126 Å². The van der Waals surface area contributed by atoms with Crippen molar-refractivity contribution in [1.82, 2.24) is 4.90 Å². The molecule has 0 aromatic heterocycles. The lowest BCUT2D eigenvalue weighted by Crippen LogP contribution is -2.58. The molecule has 13 rings (SSSR count). The number of fused-ring (bicyclic) bond motifs is 6. The van der Waals surface area contributed by atoms with Crippen LogP contribution in [0.25, 0.3) is 0 Å². The molecule has 4 aliphatic carbocycles. The van der Waals surface area contributed by atoms with E-state index in [0.717, 1.165) is 19.3 Å². The first-order valence-corrected chi connectivity index (χ1v) is 34.8. The summed E-state index contributed by atoms with van der Waals surface area (Å²) in [6, 6.07) is 9.07.